The highest BCUT2D eigenvalue weighted by Gasteiger charge is 2.42. The molecule has 0 bridgehead atoms. The molecule has 1 aliphatic heterocycles. The summed E-state index contributed by atoms with van der Waals surface area (Å²) in [6.45, 7) is 1.08. The molecule has 2 aliphatic rings. The van der Waals surface area contributed by atoms with Crippen LogP contribution in [0.5, 0.6) is 11.6 Å². The van der Waals surface area contributed by atoms with Gasteiger partial charge in [-0.2, -0.15) is 9.78 Å². The smallest absolute Gasteiger partial charge is 0.272 e. The minimum atomic E-state index is -0.486. The van der Waals surface area contributed by atoms with Gasteiger partial charge in [-0.05, 0) is 49.1 Å². The maximum Gasteiger partial charge on any atom is 0.272 e. The van der Waals surface area contributed by atoms with Crippen molar-refractivity contribution in [2.75, 3.05) is 27.3 Å². The van der Waals surface area contributed by atoms with Gasteiger partial charge in [-0.3, -0.25) is 9.59 Å². The predicted octanol–water partition coefficient (Wildman–Crippen LogP) is 4.24. The topological polar surface area (TPSA) is 85.7 Å². The Hall–Kier alpha value is -4.21. The Morgan fingerprint density at radius 1 is 1.03 bits per heavy atom. The lowest BCUT2D eigenvalue weighted by molar-refractivity contribution is -0.125. The van der Waals surface area contributed by atoms with E-state index >= 15 is 0 Å². The van der Waals surface area contributed by atoms with Gasteiger partial charge in [-0.25, -0.2) is 8.78 Å². The van der Waals surface area contributed by atoms with Crippen molar-refractivity contribution in [3.8, 4) is 17.3 Å². The van der Waals surface area contributed by atoms with E-state index in [2.05, 4.69) is 10.4 Å². The Balaban J connectivity index is 1.26. The second kappa shape index (κ2) is 11.3. The number of rotatable bonds is 7. The summed E-state index contributed by atoms with van der Waals surface area (Å²) in [7, 11) is 2.90. The van der Waals surface area contributed by atoms with Crippen LogP contribution in [0, 0.1) is 23.5 Å². The van der Waals surface area contributed by atoms with Gasteiger partial charge in [-0.1, -0.05) is 18.6 Å². The molecule has 1 saturated heterocycles. The first-order chi connectivity index (χ1) is 18.9. The second-order valence-electron chi connectivity index (χ2n) is 9.83. The predicted molar refractivity (Wildman–Crippen MR) is 141 cm³/mol. The largest absolute Gasteiger partial charge is 0.497 e. The molecule has 0 radical (unpaired) electrons. The molecule has 1 aliphatic carbocycles. The lowest BCUT2D eigenvalue weighted by atomic mass is 9.78. The molecule has 204 valence electrons. The average Bonchev–Trinajstić information content (AvgIpc) is 3.58. The zero-order valence-corrected chi connectivity index (χ0v) is 21.8. The molecule has 3 aromatic rings. The lowest BCUT2D eigenvalue weighted by Gasteiger charge is -2.33. The number of likely N-dealkylation sites (tertiary alicyclic amines) is 1. The number of hydrogen-bond acceptors (Lipinski definition) is 5. The third-order valence-electron chi connectivity index (χ3n) is 7.54. The molecular weight excluding hydrogens is 506 g/mol. The van der Waals surface area contributed by atoms with Crippen LogP contribution >= 0.6 is 0 Å². The van der Waals surface area contributed by atoms with E-state index in [0.29, 0.717) is 24.4 Å². The van der Waals surface area contributed by atoms with Crippen LogP contribution in [0.2, 0.25) is 0 Å². The maximum atomic E-state index is 14.3. The van der Waals surface area contributed by atoms with Crippen molar-refractivity contribution in [3.05, 3.63) is 77.5 Å². The van der Waals surface area contributed by atoms with Gasteiger partial charge in [0, 0.05) is 48.8 Å². The summed E-state index contributed by atoms with van der Waals surface area (Å²) in [5, 5.41) is 7.40. The number of halogens is 2. The number of fused-ring (bicyclic) bond motifs is 1. The molecule has 2 aromatic carbocycles. The number of nitrogens with zero attached hydrogens (tertiary/aromatic N) is 3. The van der Waals surface area contributed by atoms with Crippen molar-refractivity contribution in [3.63, 3.8) is 0 Å². The van der Waals surface area contributed by atoms with E-state index in [0.717, 1.165) is 19.3 Å². The van der Waals surface area contributed by atoms with Crippen molar-refractivity contribution in [1.82, 2.24) is 20.0 Å². The van der Waals surface area contributed by atoms with Crippen LogP contribution in [0.15, 0.2) is 54.6 Å². The molecule has 1 aromatic heterocycles. The zero-order valence-electron chi connectivity index (χ0n) is 21.8. The zero-order chi connectivity index (χ0) is 27.5. The van der Waals surface area contributed by atoms with Gasteiger partial charge in [0.05, 0.1) is 14.2 Å². The fourth-order valence-electron chi connectivity index (χ4n) is 5.53. The van der Waals surface area contributed by atoms with Crippen LogP contribution in [0.25, 0.3) is 11.8 Å². The number of ether oxygens (including phenoxy) is 2. The summed E-state index contributed by atoms with van der Waals surface area (Å²) < 4.78 is 40.2. The summed E-state index contributed by atoms with van der Waals surface area (Å²) in [5.74, 6) is -0.537. The first kappa shape index (κ1) is 26.4. The first-order valence-corrected chi connectivity index (χ1v) is 12.9. The molecular formula is C29H30F2N4O4. The Bertz CT molecular complexity index is 1410. The van der Waals surface area contributed by atoms with Crippen molar-refractivity contribution < 1.29 is 27.8 Å². The third-order valence-corrected chi connectivity index (χ3v) is 7.54. The van der Waals surface area contributed by atoms with Crippen molar-refractivity contribution in [1.29, 1.82) is 0 Å². The molecule has 10 heteroatoms. The van der Waals surface area contributed by atoms with Gasteiger partial charge in [0.15, 0.2) is 5.69 Å². The molecule has 1 saturated carbocycles. The molecule has 0 unspecified atom stereocenters. The molecule has 1 N–H and O–H groups in total. The van der Waals surface area contributed by atoms with E-state index in [9.17, 15) is 18.4 Å². The second-order valence-corrected chi connectivity index (χ2v) is 9.83. The fraction of sp³-hybridized carbons (Fsp3) is 0.345. The summed E-state index contributed by atoms with van der Waals surface area (Å²) in [6, 6.07) is 11.9. The Labute approximate surface area is 225 Å². The molecule has 5 rings (SSSR count). The fourth-order valence-corrected chi connectivity index (χ4v) is 5.53. The van der Waals surface area contributed by atoms with Crippen molar-refractivity contribution in [2.45, 2.75) is 25.3 Å². The maximum absolute atomic E-state index is 14.3. The number of nitrogens with one attached hydrogen (secondary N) is 1. The Kier molecular flexibility index (Phi) is 7.63. The molecule has 8 nitrogen and oxygen atoms in total. The van der Waals surface area contributed by atoms with Crippen LogP contribution < -0.4 is 14.8 Å². The number of hydrogen-bond donors (Lipinski definition) is 1. The van der Waals surface area contributed by atoms with E-state index in [1.54, 1.807) is 35.2 Å². The lowest BCUT2D eigenvalue weighted by Crippen LogP contribution is -2.45. The normalized spacial score (nSPS) is 20.6. The van der Waals surface area contributed by atoms with E-state index < -0.39 is 11.6 Å². The monoisotopic (exact) mass is 536 g/mol. The standard InChI is InChI=1S/C29H30F2N4O4/c1-38-20-12-10-18(23(31)14-20)11-13-27(36)34-16-19-6-5-8-24(21(19)17-34)32-29(37)25-15-28(39-2)35(33-25)26-9-4-3-7-22(26)30/h3-4,7,9-15,19,21,24H,5-6,8,16-17H2,1-2H3,(H,32,37)/b13-11+/t19-,21+,24-/m1/s1. The van der Waals surface area contributed by atoms with E-state index in [1.807, 2.05) is 0 Å². The Morgan fingerprint density at radius 3 is 2.59 bits per heavy atom. The number of carbonyl (C=O) groups excluding carboxylic acids is 2. The summed E-state index contributed by atoms with van der Waals surface area (Å²) >= 11 is 0. The first-order valence-electron chi connectivity index (χ1n) is 12.9. The number of amides is 2. The van der Waals surface area contributed by atoms with Gasteiger partial charge in [0.2, 0.25) is 11.8 Å². The SMILES string of the molecule is COc1ccc(/C=C/C(=O)N2C[C@H]3CCC[C@@H](NC(=O)c4cc(OC)n(-c5ccccc5F)n4)[C@H]3C2)c(F)c1. The highest BCUT2D eigenvalue weighted by molar-refractivity contribution is 5.93. The van der Waals surface area contributed by atoms with Gasteiger partial charge < -0.3 is 19.7 Å². The average molecular weight is 537 g/mol. The van der Waals surface area contributed by atoms with Crippen molar-refractivity contribution in [2.24, 2.45) is 11.8 Å². The van der Waals surface area contributed by atoms with Crippen LogP contribution in [0.1, 0.15) is 35.3 Å². The van der Waals surface area contributed by atoms with Crippen molar-refractivity contribution >= 4 is 17.9 Å². The number of aromatic nitrogens is 2. The van der Waals surface area contributed by atoms with Crippen LogP contribution in [0.4, 0.5) is 8.78 Å². The summed E-state index contributed by atoms with van der Waals surface area (Å²) in [6.07, 6.45) is 5.53. The number of benzene rings is 2. The number of methoxy groups -OCH3 is 2. The van der Waals surface area contributed by atoms with E-state index in [1.165, 1.54) is 49.3 Å². The molecule has 2 fully saturated rings. The van der Waals surface area contributed by atoms with E-state index in [4.69, 9.17) is 9.47 Å². The van der Waals surface area contributed by atoms with E-state index in [-0.39, 0.29) is 47.0 Å². The highest BCUT2D eigenvalue weighted by Crippen LogP contribution is 2.37. The molecule has 2 amide bonds. The van der Waals surface area contributed by atoms with Gasteiger partial charge in [0.1, 0.15) is 23.1 Å². The molecule has 0 spiro atoms. The quantitative estimate of drug-likeness (QED) is 0.457. The van der Waals surface area contributed by atoms with Crippen LogP contribution in [0.3, 0.4) is 0 Å². The molecule has 39 heavy (non-hydrogen) atoms. The minimum absolute atomic E-state index is 0.0910. The minimum Gasteiger partial charge on any atom is -0.497 e. The summed E-state index contributed by atoms with van der Waals surface area (Å²) in [4.78, 5) is 27.9. The molecule has 2 heterocycles. The van der Waals surface area contributed by atoms with Gasteiger partial charge in [0.25, 0.3) is 5.91 Å². The van der Waals surface area contributed by atoms with Crippen LogP contribution in [-0.2, 0) is 4.79 Å². The number of para-hydroxylation sites is 1. The number of carbonyl (C=O) groups is 2. The summed E-state index contributed by atoms with van der Waals surface area (Å²) in [5.41, 5.74) is 0.599. The van der Waals surface area contributed by atoms with Crippen LogP contribution in [-0.4, -0.2) is 59.8 Å². The highest BCUT2D eigenvalue weighted by atomic mass is 19.1. The third kappa shape index (κ3) is 5.50. The van der Waals surface area contributed by atoms with Gasteiger partial charge >= 0.3 is 0 Å². The Morgan fingerprint density at radius 2 is 1.85 bits per heavy atom. The van der Waals surface area contributed by atoms with Gasteiger partial charge in [-0.15, -0.1) is 0 Å². The molecule has 3 atom stereocenters.